The number of rotatable bonds is 6. The van der Waals surface area contributed by atoms with Gasteiger partial charge in [0.05, 0.1) is 0 Å². The van der Waals surface area contributed by atoms with Crippen LogP contribution in [0.4, 0.5) is 0 Å². The zero-order chi connectivity index (χ0) is 12.0. The Bertz CT molecular complexity index is 324. The summed E-state index contributed by atoms with van der Waals surface area (Å²) in [5, 5.41) is 3.38. The van der Waals surface area contributed by atoms with Crippen LogP contribution < -0.4 is 10.1 Å². The van der Waals surface area contributed by atoms with E-state index in [1.54, 1.807) is 7.11 Å². The minimum absolute atomic E-state index is 0.289. The van der Waals surface area contributed by atoms with Crippen LogP contribution in [0.1, 0.15) is 25.0 Å². The average molecular weight is 223 g/mol. The highest BCUT2D eigenvalue weighted by Crippen LogP contribution is 2.20. The molecule has 0 aromatic heterocycles. The topological polar surface area (TPSA) is 30.5 Å². The van der Waals surface area contributed by atoms with Gasteiger partial charge in [0.15, 0.2) is 6.79 Å². The molecule has 1 aromatic rings. The lowest BCUT2D eigenvalue weighted by Crippen LogP contribution is -2.22. The Kier molecular flexibility index (Phi) is 5.29. The first kappa shape index (κ1) is 13.0. The van der Waals surface area contributed by atoms with E-state index in [0.717, 1.165) is 12.3 Å². The average Bonchev–Trinajstić information content (AvgIpc) is 2.25. The molecule has 0 fully saturated rings. The number of nitrogens with one attached hydrogen (secondary N) is 1. The molecule has 0 bridgehead atoms. The standard InChI is InChI=1S/C13H21NO2/c1-10(2)14-8-12-7-11(3)5-6-13(12)16-9-15-4/h5-7,10,14H,8-9H2,1-4H3. The van der Waals surface area contributed by atoms with Crippen molar-refractivity contribution in [3.05, 3.63) is 29.3 Å². The van der Waals surface area contributed by atoms with E-state index in [0.29, 0.717) is 6.04 Å². The molecule has 90 valence electrons. The summed E-state index contributed by atoms with van der Waals surface area (Å²) in [6.07, 6.45) is 0. The normalized spacial score (nSPS) is 10.8. The Balaban J connectivity index is 2.72. The minimum atomic E-state index is 0.289. The van der Waals surface area contributed by atoms with E-state index in [1.165, 1.54) is 11.1 Å². The number of hydrogen-bond acceptors (Lipinski definition) is 3. The van der Waals surface area contributed by atoms with Crippen molar-refractivity contribution in [3.63, 3.8) is 0 Å². The molecule has 1 rings (SSSR count). The maximum Gasteiger partial charge on any atom is 0.188 e. The summed E-state index contributed by atoms with van der Waals surface area (Å²) >= 11 is 0. The number of methoxy groups -OCH3 is 1. The largest absolute Gasteiger partial charge is 0.467 e. The highest BCUT2D eigenvalue weighted by atomic mass is 16.7. The van der Waals surface area contributed by atoms with Gasteiger partial charge in [-0.2, -0.15) is 0 Å². The van der Waals surface area contributed by atoms with Crippen LogP contribution in [0, 0.1) is 6.92 Å². The predicted octanol–water partition coefficient (Wildman–Crippen LogP) is 2.48. The van der Waals surface area contributed by atoms with Gasteiger partial charge in [0.2, 0.25) is 0 Å². The fourth-order valence-electron chi connectivity index (χ4n) is 1.42. The number of aryl methyl sites for hydroxylation is 1. The van der Waals surface area contributed by atoms with Crippen LogP contribution in [-0.4, -0.2) is 19.9 Å². The third-order valence-electron chi connectivity index (χ3n) is 2.25. The molecule has 0 radical (unpaired) electrons. The van der Waals surface area contributed by atoms with Crippen molar-refractivity contribution >= 4 is 0 Å². The summed E-state index contributed by atoms with van der Waals surface area (Å²) in [4.78, 5) is 0. The Labute approximate surface area is 97.8 Å². The molecule has 0 amide bonds. The molecule has 1 N–H and O–H groups in total. The highest BCUT2D eigenvalue weighted by molar-refractivity contribution is 5.36. The summed E-state index contributed by atoms with van der Waals surface area (Å²) < 4.78 is 10.4. The van der Waals surface area contributed by atoms with Gasteiger partial charge in [0.1, 0.15) is 5.75 Å². The molecule has 3 nitrogen and oxygen atoms in total. The SMILES string of the molecule is COCOc1ccc(C)cc1CNC(C)C. The first-order valence-corrected chi connectivity index (χ1v) is 5.58. The van der Waals surface area contributed by atoms with E-state index in [2.05, 4.69) is 32.2 Å². The van der Waals surface area contributed by atoms with Crippen LogP contribution in [0.15, 0.2) is 18.2 Å². The maximum absolute atomic E-state index is 5.51. The van der Waals surface area contributed by atoms with Crippen LogP contribution in [0.25, 0.3) is 0 Å². The number of ether oxygens (including phenoxy) is 2. The summed E-state index contributed by atoms with van der Waals surface area (Å²) in [6.45, 7) is 7.45. The van der Waals surface area contributed by atoms with Gasteiger partial charge < -0.3 is 14.8 Å². The maximum atomic E-state index is 5.51. The van der Waals surface area contributed by atoms with Gasteiger partial charge in [-0.15, -0.1) is 0 Å². The second-order valence-electron chi connectivity index (χ2n) is 4.20. The molecule has 0 saturated carbocycles. The van der Waals surface area contributed by atoms with Crippen LogP contribution in [0.3, 0.4) is 0 Å². The molecule has 0 saturated heterocycles. The molecule has 0 aliphatic rings. The molecule has 0 heterocycles. The quantitative estimate of drug-likeness (QED) is 0.751. The minimum Gasteiger partial charge on any atom is -0.467 e. The Morgan fingerprint density at radius 2 is 2.06 bits per heavy atom. The molecule has 0 unspecified atom stereocenters. The molecular formula is C13H21NO2. The van der Waals surface area contributed by atoms with Crippen molar-refractivity contribution < 1.29 is 9.47 Å². The lowest BCUT2D eigenvalue weighted by molar-refractivity contribution is 0.0503. The van der Waals surface area contributed by atoms with Gasteiger partial charge >= 0.3 is 0 Å². The van der Waals surface area contributed by atoms with Gasteiger partial charge in [-0.05, 0) is 13.0 Å². The van der Waals surface area contributed by atoms with E-state index in [4.69, 9.17) is 9.47 Å². The van der Waals surface area contributed by atoms with Crippen molar-refractivity contribution in [1.82, 2.24) is 5.32 Å². The Morgan fingerprint density at radius 3 is 2.69 bits per heavy atom. The van der Waals surface area contributed by atoms with Gasteiger partial charge in [0, 0.05) is 25.3 Å². The van der Waals surface area contributed by atoms with Crippen molar-refractivity contribution in [1.29, 1.82) is 0 Å². The second-order valence-corrected chi connectivity index (χ2v) is 4.20. The van der Waals surface area contributed by atoms with Crippen molar-refractivity contribution in [2.75, 3.05) is 13.9 Å². The number of hydrogen-bond donors (Lipinski definition) is 1. The molecule has 1 aromatic carbocycles. The summed E-state index contributed by atoms with van der Waals surface area (Å²) in [5.41, 5.74) is 2.41. The van der Waals surface area contributed by atoms with E-state index in [-0.39, 0.29) is 6.79 Å². The molecule has 0 atom stereocenters. The Morgan fingerprint density at radius 1 is 1.31 bits per heavy atom. The van der Waals surface area contributed by atoms with E-state index < -0.39 is 0 Å². The van der Waals surface area contributed by atoms with Crippen molar-refractivity contribution in [2.24, 2.45) is 0 Å². The summed E-state index contributed by atoms with van der Waals surface area (Å²) in [6, 6.07) is 6.64. The van der Waals surface area contributed by atoms with Gasteiger partial charge in [-0.1, -0.05) is 31.5 Å². The second kappa shape index (κ2) is 6.51. The van der Waals surface area contributed by atoms with E-state index in [9.17, 15) is 0 Å². The molecule has 0 aliphatic carbocycles. The highest BCUT2D eigenvalue weighted by Gasteiger charge is 2.04. The summed E-state index contributed by atoms with van der Waals surface area (Å²) in [5.74, 6) is 0.889. The molecule has 16 heavy (non-hydrogen) atoms. The van der Waals surface area contributed by atoms with Crippen LogP contribution in [0.2, 0.25) is 0 Å². The van der Waals surface area contributed by atoms with Gasteiger partial charge in [0.25, 0.3) is 0 Å². The zero-order valence-corrected chi connectivity index (χ0v) is 10.5. The number of benzene rings is 1. The zero-order valence-electron chi connectivity index (χ0n) is 10.5. The molecule has 0 aliphatic heterocycles. The smallest absolute Gasteiger partial charge is 0.188 e. The predicted molar refractivity (Wildman–Crippen MR) is 65.7 cm³/mol. The lowest BCUT2D eigenvalue weighted by Gasteiger charge is -2.14. The first-order chi connectivity index (χ1) is 7.63. The van der Waals surface area contributed by atoms with Crippen LogP contribution in [-0.2, 0) is 11.3 Å². The fraction of sp³-hybridized carbons (Fsp3) is 0.538. The third kappa shape index (κ3) is 4.21. The summed E-state index contributed by atoms with van der Waals surface area (Å²) in [7, 11) is 1.63. The fourth-order valence-corrected chi connectivity index (χ4v) is 1.42. The molecule has 0 spiro atoms. The van der Waals surface area contributed by atoms with Crippen LogP contribution >= 0.6 is 0 Å². The van der Waals surface area contributed by atoms with Crippen LogP contribution in [0.5, 0.6) is 5.75 Å². The van der Waals surface area contributed by atoms with Crippen molar-refractivity contribution in [3.8, 4) is 5.75 Å². The van der Waals surface area contributed by atoms with E-state index in [1.807, 2.05) is 12.1 Å². The Hall–Kier alpha value is -1.06. The van der Waals surface area contributed by atoms with Crippen molar-refractivity contribution in [2.45, 2.75) is 33.4 Å². The lowest BCUT2D eigenvalue weighted by atomic mass is 10.1. The van der Waals surface area contributed by atoms with Gasteiger partial charge in [-0.3, -0.25) is 0 Å². The third-order valence-corrected chi connectivity index (χ3v) is 2.25. The van der Waals surface area contributed by atoms with E-state index >= 15 is 0 Å². The first-order valence-electron chi connectivity index (χ1n) is 5.58. The van der Waals surface area contributed by atoms with Gasteiger partial charge in [-0.25, -0.2) is 0 Å². The molecular weight excluding hydrogens is 202 g/mol. The monoisotopic (exact) mass is 223 g/mol. The molecule has 3 heteroatoms.